The van der Waals surface area contributed by atoms with Crippen LogP contribution >= 0.6 is 0 Å². The van der Waals surface area contributed by atoms with Gasteiger partial charge in [0.25, 0.3) is 0 Å². The molecule has 2 heteroatoms. The largest absolute Gasteiger partial charge is 0.391 e. The van der Waals surface area contributed by atoms with Gasteiger partial charge in [-0.1, -0.05) is 65.2 Å². The Bertz CT molecular complexity index is 213. The minimum Gasteiger partial charge on any atom is -0.391 e. The summed E-state index contributed by atoms with van der Waals surface area (Å²) in [6.07, 6.45) is 15.2. The van der Waals surface area contributed by atoms with Crippen molar-refractivity contribution < 1.29 is 5.11 Å². The number of aliphatic hydroxyl groups excluding tert-OH is 1. The summed E-state index contributed by atoms with van der Waals surface area (Å²) in [4.78, 5) is 2.57. The Balaban J connectivity index is 2.57. The van der Waals surface area contributed by atoms with Gasteiger partial charge in [-0.25, -0.2) is 0 Å². The lowest BCUT2D eigenvalue weighted by molar-refractivity contribution is 0.0349. The summed E-state index contributed by atoms with van der Waals surface area (Å²) >= 11 is 0. The normalized spacial score (nSPS) is 27.0. The number of hydrogen-bond acceptors (Lipinski definition) is 2. The van der Waals surface area contributed by atoms with Crippen molar-refractivity contribution in [3.63, 3.8) is 0 Å². The predicted molar refractivity (Wildman–Crippen MR) is 88.1 cm³/mol. The summed E-state index contributed by atoms with van der Waals surface area (Å²) in [5.74, 6) is 0. The molecule has 0 aliphatic heterocycles. The molecule has 0 aromatic carbocycles. The Morgan fingerprint density at radius 1 is 0.750 bits per heavy atom. The molecular formula is C18H37NO. The molecule has 2 atom stereocenters. The minimum absolute atomic E-state index is 0.104. The van der Waals surface area contributed by atoms with Crippen LogP contribution in [0.25, 0.3) is 0 Å². The summed E-state index contributed by atoms with van der Waals surface area (Å²) in [5, 5.41) is 10.6. The first-order chi connectivity index (χ1) is 9.79. The molecule has 120 valence electrons. The summed E-state index contributed by atoms with van der Waals surface area (Å²) in [6, 6.07) is 0.411. The van der Waals surface area contributed by atoms with Gasteiger partial charge in [0.05, 0.1) is 6.10 Å². The zero-order chi connectivity index (χ0) is 14.6. The van der Waals surface area contributed by atoms with Crippen molar-refractivity contribution in [2.75, 3.05) is 13.1 Å². The molecule has 20 heavy (non-hydrogen) atoms. The maximum atomic E-state index is 10.6. The average molecular weight is 283 g/mol. The van der Waals surface area contributed by atoms with E-state index in [4.69, 9.17) is 0 Å². The highest BCUT2D eigenvalue weighted by Crippen LogP contribution is 2.21. The molecule has 0 bridgehead atoms. The fourth-order valence-corrected chi connectivity index (χ4v) is 3.60. The second-order valence-electron chi connectivity index (χ2n) is 6.58. The zero-order valence-electron chi connectivity index (χ0n) is 13.9. The van der Waals surface area contributed by atoms with Crippen LogP contribution in [0.1, 0.15) is 90.9 Å². The molecule has 1 aliphatic rings. The van der Waals surface area contributed by atoms with E-state index >= 15 is 0 Å². The standard InChI is InChI=1S/C18H37NO/c1-3-15-19(16-4-2)17-13-11-9-7-5-6-8-10-12-14-18(17)20/h17-18,20H,3-16H2,1-2H3. The number of nitrogens with zero attached hydrogens (tertiary/aromatic N) is 1. The van der Waals surface area contributed by atoms with Gasteiger partial charge in [0.2, 0.25) is 0 Å². The van der Waals surface area contributed by atoms with E-state index in [9.17, 15) is 5.11 Å². The molecule has 1 fully saturated rings. The van der Waals surface area contributed by atoms with Crippen LogP contribution in [0.3, 0.4) is 0 Å². The molecule has 0 amide bonds. The number of hydrogen-bond donors (Lipinski definition) is 1. The van der Waals surface area contributed by atoms with E-state index in [1.807, 2.05) is 0 Å². The maximum Gasteiger partial charge on any atom is 0.0695 e. The molecule has 1 rings (SSSR count). The Morgan fingerprint density at radius 3 is 1.70 bits per heavy atom. The molecule has 0 saturated heterocycles. The van der Waals surface area contributed by atoms with Crippen LogP contribution in [-0.4, -0.2) is 35.2 Å². The Morgan fingerprint density at radius 2 is 1.20 bits per heavy atom. The zero-order valence-corrected chi connectivity index (χ0v) is 13.9. The second kappa shape index (κ2) is 11.6. The molecule has 2 unspecified atom stereocenters. The molecule has 0 aromatic heterocycles. The van der Waals surface area contributed by atoms with Gasteiger partial charge in [0.1, 0.15) is 0 Å². The van der Waals surface area contributed by atoms with Crippen molar-refractivity contribution in [1.29, 1.82) is 0 Å². The molecule has 1 saturated carbocycles. The third kappa shape index (κ3) is 7.08. The van der Waals surface area contributed by atoms with Crippen molar-refractivity contribution in [2.45, 2.75) is 103 Å². The summed E-state index contributed by atoms with van der Waals surface area (Å²) in [5.41, 5.74) is 0. The fraction of sp³-hybridized carbons (Fsp3) is 1.00. The van der Waals surface area contributed by atoms with Gasteiger partial charge in [0, 0.05) is 6.04 Å². The first-order valence-corrected chi connectivity index (χ1v) is 9.21. The number of aliphatic hydroxyl groups is 1. The van der Waals surface area contributed by atoms with E-state index in [0.29, 0.717) is 6.04 Å². The predicted octanol–water partition coefficient (Wildman–Crippen LogP) is 4.75. The molecule has 0 aromatic rings. The highest BCUT2D eigenvalue weighted by Gasteiger charge is 2.24. The molecule has 1 N–H and O–H groups in total. The van der Waals surface area contributed by atoms with Crippen molar-refractivity contribution in [2.24, 2.45) is 0 Å². The first kappa shape index (κ1) is 18.0. The smallest absolute Gasteiger partial charge is 0.0695 e. The van der Waals surface area contributed by atoms with Crippen molar-refractivity contribution in [3.05, 3.63) is 0 Å². The van der Waals surface area contributed by atoms with Crippen LogP contribution in [0.2, 0.25) is 0 Å². The van der Waals surface area contributed by atoms with Gasteiger partial charge in [-0.15, -0.1) is 0 Å². The van der Waals surface area contributed by atoms with E-state index in [1.165, 1.54) is 70.6 Å². The lowest BCUT2D eigenvalue weighted by Gasteiger charge is -2.35. The maximum absolute atomic E-state index is 10.6. The van der Waals surface area contributed by atoms with Crippen LogP contribution in [0.15, 0.2) is 0 Å². The van der Waals surface area contributed by atoms with E-state index in [1.54, 1.807) is 0 Å². The van der Waals surface area contributed by atoms with Crippen LogP contribution in [0.4, 0.5) is 0 Å². The van der Waals surface area contributed by atoms with Crippen molar-refractivity contribution >= 4 is 0 Å². The van der Waals surface area contributed by atoms with Gasteiger partial charge in [-0.3, -0.25) is 4.90 Å². The second-order valence-corrected chi connectivity index (χ2v) is 6.58. The number of rotatable bonds is 5. The molecule has 0 radical (unpaired) electrons. The Labute approximate surface area is 126 Å². The SMILES string of the molecule is CCCN(CCC)C1CCCCCCCCCCC1O. The average Bonchev–Trinajstić information content (AvgIpc) is 2.43. The third-order valence-electron chi connectivity index (χ3n) is 4.68. The summed E-state index contributed by atoms with van der Waals surface area (Å²) in [6.45, 7) is 6.81. The first-order valence-electron chi connectivity index (χ1n) is 9.21. The summed E-state index contributed by atoms with van der Waals surface area (Å²) in [7, 11) is 0. The minimum atomic E-state index is -0.104. The van der Waals surface area contributed by atoms with Gasteiger partial charge >= 0.3 is 0 Å². The third-order valence-corrected chi connectivity index (χ3v) is 4.68. The highest BCUT2D eigenvalue weighted by molar-refractivity contribution is 4.79. The van der Waals surface area contributed by atoms with Crippen LogP contribution < -0.4 is 0 Å². The lowest BCUT2D eigenvalue weighted by atomic mass is 9.94. The van der Waals surface area contributed by atoms with Crippen LogP contribution in [0, 0.1) is 0 Å². The summed E-state index contributed by atoms with van der Waals surface area (Å²) < 4.78 is 0. The van der Waals surface area contributed by atoms with Crippen LogP contribution in [0.5, 0.6) is 0 Å². The van der Waals surface area contributed by atoms with Crippen molar-refractivity contribution in [3.8, 4) is 0 Å². The van der Waals surface area contributed by atoms with E-state index < -0.39 is 0 Å². The molecule has 0 heterocycles. The van der Waals surface area contributed by atoms with Gasteiger partial charge in [-0.2, -0.15) is 0 Å². The quantitative estimate of drug-likeness (QED) is 0.787. The van der Waals surface area contributed by atoms with Crippen LogP contribution in [-0.2, 0) is 0 Å². The Hall–Kier alpha value is -0.0800. The van der Waals surface area contributed by atoms with E-state index in [2.05, 4.69) is 18.7 Å². The molecule has 2 nitrogen and oxygen atoms in total. The van der Waals surface area contributed by atoms with Gasteiger partial charge in [0.15, 0.2) is 0 Å². The molecule has 1 aliphatic carbocycles. The van der Waals surface area contributed by atoms with E-state index in [-0.39, 0.29) is 6.10 Å². The van der Waals surface area contributed by atoms with Crippen molar-refractivity contribution in [1.82, 2.24) is 4.90 Å². The van der Waals surface area contributed by atoms with Gasteiger partial charge < -0.3 is 5.11 Å². The topological polar surface area (TPSA) is 23.5 Å². The molecular weight excluding hydrogens is 246 g/mol. The van der Waals surface area contributed by atoms with Gasteiger partial charge in [-0.05, 0) is 38.8 Å². The lowest BCUT2D eigenvalue weighted by Crippen LogP contribution is -2.44. The molecule has 0 spiro atoms. The monoisotopic (exact) mass is 283 g/mol. The highest BCUT2D eigenvalue weighted by atomic mass is 16.3. The van der Waals surface area contributed by atoms with E-state index in [0.717, 1.165) is 19.5 Å². The Kier molecular flexibility index (Phi) is 10.4. The fourth-order valence-electron chi connectivity index (χ4n) is 3.60.